The van der Waals surface area contributed by atoms with Gasteiger partial charge in [-0.15, -0.1) is 5.10 Å². The molecule has 7 heteroatoms. The number of tetrazole rings is 1. The minimum atomic E-state index is -0.156. The molecule has 1 atom stereocenters. The fraction of sp³-hybridized carbons (Fsp3) is 0.500. The number of hydrogen-bond acceptors (Lipinski definition) is 5. The van der Waals surface area contributed by atoms with Gasteiger partial charge in [-0.2, -0.15) is 4.52 Å². The van der Waals surface area contributed by atoms with E-state index in [1.54, 1.807) is 18.2 Å². The van der Waals surface area contributed by atoms with Gasteiger partial charge in [0.2, 0.25) is 0 Å². The molecule has 0 aliphatic carbocycles. The average Bonchev–Trinajstić information content (AvgIpc) is 3.08. The Labute approximate surface area is 109 Å². The zero-order chi connectivity index (χ0) is 13.1. The summed E-state index contributed by atoms with van der Waals surface area (Å²) in [6.07, 6.45) is 2.02. The second kappa shape index (κ2) is 5.31. The predicted octanol–water partition coefficient (Wildman–Crippen LogP) is 0.281. The lowest BCUT2D eigenvalue weighted by Crippen LogP contribution is -2.28. The van der Waals surface area contributed by atoms with Crippen LogP contribution in [0.25, 0.3) is 5.65 Å². The summed E-state index contributed by atoms with van der Waals surface area (Å²) >= 11 is 0. The third-order valence-corrected chi connectivity index (χ3v) is 3.32. The van der Waals surface area contributed by atoms with Crippen molar-refractivity contribution in [3.8, 4) is 0 Å². The van der Waals surface area contributed by atoms with E-state index in [1.807, 2.05) is 0 Å². The number of ether oxygens (including phenoxy) is 1. The number of aromatic nitrogens is 4. The number of carbonyl (C=O) groups excluding carboxylic acids is 1. The van der Waals surface area contributed by atoms with Gasteiger partial charge in [-0.25, -0.2) is 0 Å². The Bertz CT molecular complexity index is 576. The van der Waals surface area contributed by atoms with E-state index in [2.05, 4.69) is 20.8 Å². The summed E-state index contributed by atoms with van der Waals surface area (Å²) in [5.74, 6) is 0.404. The van der Waals surface area contributed by atoms with Crippen LogP contribution in [-0.2, 0) is 4.74 Å². The highest BCUT2D eigenvalue weighted by atomic mass is 16.5. The number of rotatable bonds is 4. The Morgan fingerprint density at radius 1 is 1.53 bits per heavy atom. The molecule has 100 valence electrons. The topological polar surface area (TPSA) is 81.4 Å². The molecule has 0 unspecified atom stereocenters. The fourth-order valence-electron chi connectivity index (χ4n) is 2.23. The molecule has 2 aromatic heterocycles. The van der Waals surface area contributed by atoms with Gasteiger partial charge < -0.3 is 10.1 Å². The summed E-state index contributed by atoms with van der Waals surface area (Å²) in [4.78, 5) is 12.1. The zero-order valence-corrected chi connectivity index (χ0v) is 10.5. The first-order valence-electron chi connectivity index (χ1n) is 6.37. The molecule has 0 radical (unpaired) electrons. The van der Waals surface area contributed by atoms with Crippen LogP contribution in [0.2, 0.25) is 0 Å². The minimum Gasteiger partial charge on any atom is -0.381 e. The molecule has 0 saturated carbocycles. The fourth-order valence-corrected chi connectivity index (χ4v) is 2.23. The van der Waals surface area contributed by atoms with Gasteiger partial charge in [0, 0.05) is 19.8 Å². The van der Waals surface area contributed by atoms with Crippen LogP contribution in [0.4, 0.5) is 0 Å². The van der Waals surface area contributed by atoms with Gasteiger partial charge in [0.25, 0.3) is 5.91 Å². The third kappa shape index (κ3) is 2.55. The van der Waals surface area contributed by atoms with Crippen molar-refractivity contribution in [3.05, 3.63) is 23.9 Å². The molecule has 0 spiro atoms. The highest BCUT2D eigenvalue weighted by Crippen LogP contribution is 2.15. The lowest BCUT2D eigenvalue weighted by molar-refractivity contribution is 0.0943. The molecule has 3 heterocycles. The van der Waals surface area contributed by atoms with E-state index in [-0.39, 0.29) is 5.91 Å². The van der Waals surface area contributed by atoms with Crippen LogP contribution in [0.5, 0.6) is 0 Å². The van der Waals surface area contributed by atoms with E-state index in [1.165, 1.54) is 4.52 Å². The van der Waals surface area contributed by atoms with Crippen LogP contribution in [0.1, 0.15) is 23.3 Å². The first-order chi connectivity index (χ1) is 9.34. The molecule has 1 saturated heterocycles. The summed E-state index contributed by atoms with van der Waals surface area (Å²) < 4.78 is 6.74. The van der Waals surface area contributed by atoms with Crippen LogP contribution >= 0.6 is 0 Å². The Kier molecular flexibility index (Phi) is 3.37. The number of pyridine rings is 1. The number of fused-ring (bicyclic) bond motifs is 1. The van der Waals surface area contributed by atoms with Gasteiger partial charge in [0.05, 0.1) is 0 Å². The van der Waals surface area contributed by atoms with Crippen molar-refractivity contribution in [1.82, 2.24) is 25.4 Å². The first kappa shape index (κ1) is 12.0. The largest absolute Gasteiger partial charge is 0.381 e. The number of carbonyl (C=O) groups is 1. The lowest BCUT2D eigenvalue weighted by Gasteiger charge is -2.09. The monoisotopic (exact) mass is 261 g/mol. The molecular weight excluding hydrogens is 246 g/mol. The van der Waals surface area contributed by atoms with Gasteiger partial charge in [0.15, 0.2) is 5.65 Å². The third-order valence-electron chi connectivity index (χ3n) is 3.32. The van der Waals surface area contributed by atoms with Crippen molar-refractivity contribution in [1.29, 1.82) is 0 Å². The van der Waals surface area contributed by atoms with Crippen LogP contribution < -0.4 is 5.32 Å². The molecule has 1 fully saturated rings. The van der Waals surface area contributed by atoms with Crippen molar-refractivity contribution in [2.75, 3.05) is 19.8 Å². The molecule has 1 aliphatic rings. The van der Waals surface area contributed by atoms with E-state index in [0.717, 1.165) is 26.1 Å². The highest BCUT2D eigenvalue weighted by Gasteiger charge is 2.16. The van der Waals surface area contributed by atoms with Crippen molar-refractivity contribution in [2.24, 2.45) is 5.92 Å². The Morgan fingerprint density at radius 3 is 3.32 bits per heavy atom. The van der Waals surface area contributed by atoms with E-state index >= 15 is 0 Å². The van der Waals surface area contributed by atoms with Gasteiger partial charge >= 0.3 is 0 Å². The van der Waals surface area contributed by atoms with Crippen molar-refractivity contribution in [3.63, 3.8) is 0 Å². The standard InChI is InChI=1S/C12H15N5O2/c18-12(13-6-4-9-5-7-19-8-9)10-2-1-3-11-14-15-16-17(10)11/h1-3,9H,4-8H2,(H,13,18)/t9-/m0/s1. The van der Waals surface area contributed by atoms with Crippen molar-refractivity contribution < 1.29 is 9.53 Å². The van der Waals surface area contributed by atoms with Gasteiger partial charge in [-0.1, -0.05) is 6.07 Å². The van der Waals surface area contributed by atoms with Gasteiger partial charge in [-0.3, -0.25) is 4.79 Å². The Morgan fingerprint density at radius 2 is 2.47 bits per heavy atom. The summed E-state index contributed by atoms with van der Waals surface area (Å²) in [6.45, 7) is 2.28. The average molecular weight is 261 g/mol. The molecule has 0 aromatic carbocycles. The van der Waals surface area contributed by atoms with E-state index in [9.17, 15) is 4.79 Å². The second-order valence-corrected chi connectivity index (χ2v) is 4.63. The predicted molar refractivity (Wildman–Crippen MR) is 66.7 cm³/mol. The van der Waals surface area contributed by atoms with Crippen LogP contribution in [0.3, 0.4) is 0 Å². The van der Waals surface area contributed by atoms with Gasteiger partial charge in [0.1, 0.15) is 5.69 Å². The molecule has 3 rings (SSSR count). The first-order valence-corrected chi connectivity index (χ1v) is 6.37. The summed E-state index contributed by atoms with van der Waals surface area (Å²) in [7, 11) is 0. The quantitative estimate of drug-likeness (QED) is 0.855. The SMILES string of the molecule is O=C(NCC[C@H]1CCOC1)c1cccc2nnnn12. The normalized spacial score (nSPS) is 18.8. The number of hydrogen-bond donors (Lipinski definition) is 1. The summed E-state index contributed by atoms with van der Waals surface area (Å²) in [6, 6.07) is 5.23. The number of nitrogens with zero attached hydrogens (tertiary/aromatic N) is 4. The van der Waals surface area contributed by atoms with Crippen LogP contribution in [0, 0.1) is 5.92 Å². The van der Waals surface area contributed by atoms with E-state index < -0.39 is 0 Å². The molecule has 0 bridgehead atoms. The molecule has 19 heavy (non-hydrogen) atoms. The lowest BCUT2D eigenvalue weighted by atomic mass is 10.1. The number of amides is 1. The molecule has 2 aromatic rings. The molecular formula is C12H15N5O2. The zero-order valence-electron chi connectivity index (χ0n) is 10.5. The Hall–Kier alpha value is -2.02. The minimum absolute atomic E-state index is 0.156. The maximum Gasteiger partial charge on any atom is 0.270 e. The number of nitrogens with one attached hydrogen (secondary N) is 1. The highest BCUT2D eigenvalue weighted by molar-refractivity contribution is 5.92. The molecule has 1 N–H and O–H groups in total. The smallest absolute Gasteiger partial charge is 0.270 e. The maximum absolute atomic E-state index is 12.1. The molecule has 7 nitrogen and oxygen atoms in total. The molecule has 1 amide bonds. The van der Waals surface area contributed by atoms with Crippen molar-refractivity contribution in [2.45, 2.75) is 12.8 Å². The molecule has 1 aliphatic heterocycles. The Balaban J connectivity index is 1.62. The van der Waals surface area contributed by atoms with E-state index in [4.69, 9.17) is 4.74 Å². The van der Waals surface area contributed by atoms with Gasteiger partial charge in [-0.05, 0) is 41.3 Å². The van der Waals surface area contributed by atoms with Crippen LogP contribution in [0.15, 0.2) is 18.2 Å². The van der Waals surface area contributed by atoms with Crippen molar-refractivity contribution >= 4 is 11.6 Å². The van der Waals surface area contributed by atoms with Crippen LogP contribution in [-0.4, -0.2) is 45.7 Å². The van der Waals surface area contributed by atoms with E-state index in [0.29, 0.717) is 23.8 Å². The summed E-state index contributed by atoms with van der Waals surface area (Å²) in [5.41, 5.74) is 1.02. The second-order valence-electron chi connectivity index (χ2n) is 4.63. The summed E-state index contributed by atoms with van der Waals surface area (Å²) in [5, 5.41) is 14.1. The maximum atomic E-state index is 12.1.